The van der Waals surface area contributed by atoms with Crippen LogP contribution in [0.15, 0.2) is 0 Å². The van der Waals surface area contributed by atoms with Gasteiger partial charge in [-0.05, 0) is 54.4 Å². The van der Waals surface area contributed by atoms with Gasteiger partial charge < -0.3 is 27.5 Å². The fourth-order valence-corrected chi connectivity index (χ4v) is 7.02. The third-order valence-electron chi connectivity index (χ3n) is 5.73. The lowest BCUT2D eigenvalue weighted by Gasteiger charge is -2.39. The van der Waals surface area contributed by atoms with Gasteiger partial charge in [0, 0.05) is 51.6 Å². The van der Waals surface area contributed by atoms with Crippen molar-refractivity contribution in [2.24, 2.45) is 5.92 Å². The van der Waals surface area contributed by atoms with E-state index in [1.165, 1.54) is 38.5 Å². The van der Waals surface area contributed by atoms with Crippen LogP contribution in [0.5, 0.6) is 0 Å². The van der Waals surface area contributed by atoms with Gasteiger partial charge >= 0.3 is 8.80 Å². The van der Waals surface area contributed by atoms with Gasteiger partial charge in [-0.25, -0.2) is 0 Å². The van der Waals surface area contributed by atoms with Crippen LogP contribution in [0, 0.1) is 5.92 Å². The van der Waals surface area contributed by atoms with Crippen molar-refractivity contribution in [2.75, 3.05) is 39.6 Å². The van der Waals surface area contributed by atoms with Crippen LogP contribution in [0.1, 0.15) is 127 Å². The minimum atomic E-state index is -2.30. The highest BCUT2D eigenvalue weighted by molar-refractivity contribution is 6.60. The van der Waals surface area contributed by atoms with Gasteiger partial charge in [0.1, 0.15) is 0 Å². The average molecular weight is 523 g/mol. The Labute approximate surface area is 220 Å². The van der Waals surface area contributed by atoms with E-state index in [-0.39, 0.29) is 0 Å². The largest absolute Gasteiger partial charge is 0.500 e. The van der Waals surface area contributed by atoms with Gasteiger partial charge in [-0.3, -0.25) is 0 Å². The second-order valence-corrected chi connectivity index (χ2v) is 11.4. The van der Waals surface area contributed by atoms with Crippen LogP contribution in [0.3, 0.4) is 0 Å². The van der Waals surface area contributed by atoms with E-state index in [0.717, 1.165) is 31.7 Å². The van der Waals surface area contributed by atoms with E-state index >= 15 is 0 Å². The second kappa shape index (κ2) is 25.6. The molecule has 1 atom stereocenters. The van der Waals surface area contributed by atoms with Gasteiger partial charge in [-0.15, -0.1) is 0 Å². The Bertz CT molecular complexity index is 378. The molecule has 0 spiro atoms. The van der Waals surface area contributed by atoms with E-state index in [1.54, 1.807) is 0 Å². The normalized spacial score (nSPS) is 12.9. The fourth-order valence-electron chi connectivity index (χ4n) is 4.41. The molecule has 0 aliphatic carbocycles. The first kappa shape index (κ1) is 37.1. The molecule has 0 heterocycles. The Morgan fingerprint density at radius 2 is 0.943 bits per heavy atom. The van der Waals surface area contributed by atoms with Crippen molar-refractivity contribution in [3.05, 3.63) is 0 Å². The summed E-state index contributed by atoms with van der Waals surface area (Å²) in [6, 6.07) is 0.919. The van der Waals surface area contributed by atoms with Crippen molar-refractivity contribution in [2.45, 2.75) is 139 Å². The Balaban J connectivity index is 0. The summed E-state index contributed by atoms with van der Waals surface area (Å²) in [5.41, 5.74) is 0. The van der Waals surface area contributed by atoms with E-state index in [4.69, 9.17) is 27.5 Å². The van der Waals surface area contributed by atoms with E-state index in [1.807, 2.05) is 41.5 Å². The molecule has 0 radical (unpaired) electrons. The first-order valence-corrected chi connectivity index (χ1v) is 16.7. The first-order valence-electron chi connectivity index (χ1n) is 14.8. The molecule has 1 unspecified atom stereocenters. The molecule has 35 heavy (non-hydrogen) atoms. The highest BCUT2D eigenvalue weighted by Crippen LogP contribution is 2.34. The van der Waals surface area contributed by atoms with E-state index in [2.05, 4.69) is 20.8 Å². The summed E-state index contributed by atoms with van der Waals surface area (Å²) in [6.45, 7) is 22.5. The molecular weight excluding hydrogens is 460 g/mol. The zero-order valence-electron chi connectivity index (χ0n) is 25.0. The van der Waals surface area contributed by atoms with Crippen LogP contribution < -0.4 is 0 Å². The predicted octanol–water partition coefficient (Wildman–Crippen LogP) is 8.36. The lowest BCUT2D eigenvalue weighted by Crippen LogP contribution is -2.46. The number of hydrogen-bond acceptors (Lipinski definition) is 6. The number of hydrogen-bond donors (Lipinski definition) is 0. The maximum Gasteiger partial charge on any atom is 0.500 e. The van der Waals surface area contributed by atoms with Crippen LogP contribution in [-0.2, 0) is 27.5 Å². The maximum atomic E-state index is 5.98. The van der Waals surface area contributed by atoms with E-state index in [9.17, 15) is 0 Å². The number of ether oxygens (including phenoxy) is 3. The summed E-state index contributed by atoms with van der Waals surface area (Å²) in [6.07, 6.45) is 12.3. The molecule has 0 aliphatic heterocycles. The van der Waals surface area contributed by atoms with Crippen molar-refractivity contribution in [3.8, 4) is 0 Å². The van der Waals surface area contributed by atoms with Crippen molar-refractivity contribution >= 4 is 8.80 Å². The molecular formula is C28H62O6Si. The molecule has 6 nitrogen and oxygen atoms in total. The molecule has 0 bridgehead atoms. The summed E-state index contributed by atoms with van der Waals surface area (Å²) in [5, 5.41) is 0. The van der Waals surface area contributed by atoms with Gasteiger partial charge in [-0.2, -0.15) is 0 Å². The molecule has 0 fully saturated rings. The van der Waals surface area contributed by atoms with Crippen molar-refractivity contribution in [3.63, 3.8) is 0 Å². The quantitative estimate of drug-likeness (QED) is 0.0721. The van der Waals surface area contributed by atoms with Gasteiger partial charge in [0.05, 0.1) is 0 Å². The molecule has 0 amide bonds. The average Bonchev–Trinajstić information content (AvgIpc) is 2.82. The van der Waals surface area contributed by atoms with Crippen LogP contribution >= 0.6 is 0 Å². The molecule has 0 N–H and O–H groups in total. The maximum absolute atomic E-state index is 5.98. The van der Waals surface area contributed by atoms with E-state index in [0.29, 0.717) is 45.6 Å². The zero-order valence-corrected chi connectivity index (χ0v) is 26.0. The fraction of sp³-hybridized carbons (Fsp3) is 1.00. The Morgan fingerprint density at radius 3 is 1.31 bits per heavy atom. The molecule has 0 aromatic carbocycles. The molecule has 0 aliphatic rings. The zero-order chi connectivity index (χ0) is 26.8. The molecule has 0 aromatic heterocycles. The third-order valence-corrected chi connectivity index (χ3v) is 9.03. The molecule has 0 saturated heterocycles. The van der Waals surface area contributed by atoms with E-state index < -0.39 is 14.8 Å². The Kier molecular flexibility index (Phi) is 27.2. The van der Waals surface area contributed by atoms with Gasteiger partial charge in [0.15, 0.2) is 0 Å². The smallest absolute Gasteiger partial charge is 0.374 e. The van der Waals surface area contributed by atoms with Crippen LogP contribution in [0.2, 0.25) is 6.04 Å². The predicted molar refractivity (Wildman–Crippen MR) is 150 cm³/mol. The lowest BCUT2D eigenvalue weighted by molar-refractivity contribution is -0.403. The summed E-state index contributed by atoms with van der Waals surface area (Å²) in [7, 11) is -2.30. The van der Waals surface area contributed by atoms with Crippen LogP contribution in [0.4, 0.5) is 0 Å². The molecule has 0 aromatic rings. The topological polar surface area (TPSA) is 55.4 Å². The minimum absolute atomic E-state index is 0.323. The molecule has 0 saturated carbocycles. The van der Waals surface area contributed by atoms with Gasteiger partial charge in [0.2, 0.25) is 0 Å². The highest BCUT2D eigenvalue weighted by Gasteiger charge is 2.41. The third kappa shape index (κ3) is 17.2. The first-order chi connectivity index (χ1) is 16.9. The van der Waals surface area contributed by atoms with Crippen LogP contribution in [-0.4, -0.2) is 54.4 Å². The van der Waals surface area contributed by atoms with Crippen molar-refractivity contribution in [1.82, 2.24) is 0 Å². The Morgan fingerprint density at radius 1 is 0.486 bits per heavy atom. The second-order valence-electron chi connectivity index (χ2n) is 8.68. The van der Waals surface area contributed by atoms with Gasteiger partial charge in [-0.1, -0.05) is 72.1 Å². The highest BCUT2D eigenvalue weighted by atomic mass is 28.4. The monoisotopic (exact) mass is 522 g/mol. The SMILES string of the molecule is CCCCCCCCC(CCC)C(OCC)(OCC)OCC.CCC[Si](OCC)(OCC)OCC. The standard InChI is InChI=1S/C19H40O3.C9H22O3Si/c1-6-11-12-13-14-15-17-18(16-7-2)19(20-8-3,21-9-4)22-10-5;1-5-9-13(10-6-2,11-7-3)12-8-4/h18H,6-17H2,1-5H3;5-9H2,1-4H3. The molecule has 7 heteroatoms. The molecule has 214 valence electrons. The van der Waals surface area contributed by atoms with Gasteiger partial charge in [0.25, 0.3) is 5.97 Å². The van der Waals surface area contributed by atoms with Crippen molar-refractivity contribution in [1.29, 1.82) is 0 Å². The summed E-state index contributed by atoms with van der Waals surface area (Å²) < 4.78 is 34.9. The van der Waals surface area contributed by atoms with Crippen LogP contribution in [0.25, 0.3) is 0 Å². The summed E-state index contributed by atoms with van der Waals surface area (Å²) in [5.74, 6) is -0.513. The number of rotatable bonds is 24. The molecule has 0 rings (SSSR count). The lowest BCUT2D eigenvalue weighted by atomic mass is 9.93. The number of unbranched alkanes of at least 4 members (excludes halogenated alkanes) is 5. The summed E-state index contributed by atoms with van der Waals surface area (Å²) in [4.78, 5) is 0. The summed E-state index contributed by atoms with van der Waals surface area (Å²) >= 11 is 0. The minimum Gasteiger partial charge on any atom is -0.374 e. The van der Waals surface area contributed by atoms with Crippen molar-refractivity contribution < 1.29 is 27.5 Å². The Hall–Kier alpha value is -0.0231.